The van der Waals surface area contributed by atoms with Crippen molar-refractivity contribution in [3.05, 3.63) is 65.0 Å². The molecular formula is C16H13FN2O2. The van der Waals surface area contributed by atoms with E-state index >= 15 is 0 Å². The van der Waals surface area contributed by atoms with Gasteiger partial charge in [-0.05, 0) is 17.7 Å². The fourth-order valence-electron chi connectivity index (χ4n) is 1.84. The largest absolute Gasteiger partial charge is 0.460 e. The molecule has 0 radical (unpaired) electrons. The van der Waals surface area contributed by atoms with Gasteiger partial charge in [-0.1, -0.05) is 30.3 Å². The number of nitrogen functional groups attached to an aromatic ring is 1. The van der Waals surface area contributed by atoms with E-state index in [2.05, 4.69) is 0 Å². The third kappa shape index (κ3) is 3.57. The van der Waals surface area contributed by atoms with Crippen molar-refractivity contribution < 1.29 is 13.9 Å². The molecule has 0 spiro atoms. The minimum Gasteiger partial charge on any atom is -0.460 e. The Balaban J connectivity index is 1.99. The van der Waals surface area contributed by atoms with E-state index in [1.54, 1.807) is 36.4 Å². The van der Waals surface area contributed by atoms with Gasteiger partial charge in [0.1, 0.15) is 18.5 Å². The number of benzene rings is 2. The molecule has 2 aromatic rings. The van der Waals surface area contributed by atoms with Gasteiger partial charge in [0.25, 0.3) is 0 Å². The van der Waals surface area contributed by atoms with Gasteiger partial charge in [0.2, 0.25) is 0 Å². The minimum absolute atomic E-state index is 0.0201. The molecule has 0 fully saturated rings. The van der Waals surface area contributed by atoms with Crippen LogP contribution in [0.2, 0.25) is 0 Å². The van der Waals surface area contributed by atoms with E-state index in [0.29, 0.717) is 11.3 Å². The normalized spacial score (nSPS) is 9.90. The number of rotatable bonds is 4. The topological polar surface area (TPSA) is 76.1 Å². The van der Waals surface area contributed by atoms with Crippen molar-refractivity contribution in [2.45, 2.75) is 13.0 Å². The van der Waals surface area contributed by atoms with E-state index in [-0.39, 0.29) is 24.2 Å². The van der Waals surface area contributed by atoms with E-state index in [1.807, 2.05) is 0 Å². The number of ether oxygens (including phenoxy) is 1. The zero-order valence-electron chi connectivity index (χ0n) is 11.2. The van der Waals surface area contributed by atoms with Gasteiger partial charge in [-0.3, -0.25) is 4.79 Å². The Hall–Kier alpha value is -2.87. The molecule has 0 aliphatic carbocycles. The molecule has 0 aromatic heterocycles. The van der Waals surface area contributed by atoms with E-state index in [9.17, 15) is 9.18 Å². The molecule has 0 unspecified atom stereocenters. The predicted molar refractivity (Wildman–Crippen MR) is 75.5 cm³/mol. The molecule has 106 valence electrons. The lowest BCUT2D eigenvalue weighted by atomic mass is 10.1. The second-order valence-electron chi connectivity index (χ2n) is 4.43. The highest BCUT2D eigenvalue weighted by Gasteiger charge is 2.11. The van der Waals surface area contributed by atoms with Gasteiger partial charge in [-0.15, -0.1) is 0 Å². The molecule has 0 saturated carbocycles. The average molecular weight is 284 g/mol. The number of anilines is 1. The van der Waals surface area contributed by atoms with Crippen LogP contribution >= 0.6 is 0 Å². The summed E-state index contributed by atoms with van der Waals surface area (Å²) in [5, 5.41) is 8.73. The summed E-state index contributed by atoms with van der Waals surface area (Å²) < 4.78 is 18.8. The Bertz CT molecular complexity index is 708. The summed E-state index contributed by atoms with van der Waals surface area (Å²) >= 11 is 0. The maximum Gasteiger partial charge on any atom is 0.310 e. The molecule has 2 N–H and O–H groups in total. The Morgan fingerprint density at radius 1 is 1.19 bits per heavy atom. The standard InChI is InChI=1S/C16H13FN2O2/c17-16-12(9-18)5-3-6-13(16)10-21-15(20)8-11-4-1-2-7-14(11)19/h1-7H,8,10,19H2. The fraction of sp³-hybridized carbons (Fsp3) is 0.125. The van der Waals surface area contributed by atoms with Crippen LogP contribution in [-0.2, 0) is 22.6 Å². The second-order valence-corrected chi connectivity index (χ2v) is 4.43. The molecule has 0 atom stereocenters. The number of carbonyl (C=O) groups excluding carboxylic acids is 1. The highest BCUT2D eigenvalue weighted by molar-refractivity contribution is 5.74. The number of carbonyl (C=O) groups is 1. The van der Waals surface area contributed by atoms with Crippen LogP contribution in [0.25, 0.3) is 0 Å². The fourth-order valence-corrected chi connectivity index (χ4v) is 1.84. The monoisotopic (exact) mass is 284 g/mol. The number of nitrogens with zero attached hydrogens (tertiary/aromatic N) is 1. The van der Waals surface area contributed by atoms with Crippen LogP contribution in [0.5, 0.6) is 0 Å². The Kier molecular flexibility index (Phi) is 4.52. The van der Waals surface area contributed by atoms with Crippen LogP contribution in [0.3, 0.4) is 0 Å². The summed E-state index contributed by atoms with van der Waals surface area (Å²) in [7, 11) is 0. The number of hydrogen-bond donors (Lipinski definition) is 1. The number of para-hydroxylation sites is 1. The van der Waals surface area contributed by atoms with Gasteiger partial charge in [-0.2, -0.15) is 5.26 Å². The third-order valence-electron chi connectivity index (χ3n) is 2.98. The van der Waals surface area contributed by atoms with Gasteiger partial charge in [0.05, 0.1) is 12.0 Å². The maximum absolute atomic E-state index is 13.8. The molecule has 5 heteroatoms. The second kappa shape index (κ2) is 6.53. The third-order valence-corrected chi connectivity index (χ3v) is 2.98. The number of halogens is 1. The van der Waals surface area contributed by atoms with Gasteiger partial charge >= 0.3 is 5.97 Å². The molecule has 4 nitrogen and oxygen atoms in total. The van der Waals surface area contributed by atoms with Gasteiger partial charge in [0, 0.05) is 11.3 Å². The molecule has 0 bridgehead atoms. The SMILES string of the molecule is N#Cc1cccc(COC(=O)Cc2ccccc2N)c1F. The molecule has 0 amide bonds. The lowest BCUT2D eigenvalue weighted by Crippen LogP contribution is -2.10. The van der Waals surface area contributed by atoms with Crippen molar-refractivity contribution in [1.29, 1.82) is 5.26 Å². The summed E-state index contributed by atoms with van der Waals surface area (Å²) in [5.41, 5.74) is 7.00. The number of esters is 1. The van der Waals surface area contributed by atoms with Crippen LogP contribution in [0.1, 0.15) is 16.7 Å². The molecule has 2 rings (SSSR count). The highest BCUT2D eigenvalue weighted by atomic mass is 19.1. The maximum atomic E-state index is 13.8. The van der Waals surface area contributed by atoms with Crippen LogP contribution in [0, 0.1) is 17.1 Å². The smallest absolute Gasteiger partial charge is 0.310 e. The predicted octanol–water partition coefficient (Wildman–Crippen LogP) is 2.57. The van der Waals surface area contributed by atoms with E-state index < -0.39 is 11.8 Å². The first-order valence-corrected chi connectivity index (χ1v) is 6.28. The van der Waals surface area contributed by atoms with Crippen LogP contribution in [-0.4, -0.2) is 5.97 Å². The molecule has 0 aliphatic rings. The van der Waals surface area contributed by atoms with Crippen molar-refractivity contribution in [2.75, 3.05) is 5.73 Å². The van der Waals surface area contributed by atoms with Crippen molar-refractivity contribution in [1.82, 2.24) is 0 Å². The molecule has 0 aliphatic heterocycles. The zero-order chi connectivity index (χ0) is 15.2. The molecule has 21 heavy (non-hydrogen) atoms. The zero-order valence-corrected chi connectivity index (χ0v) is 11.2. The lowest BCUT2D eigenvalue weighted by Gasteiger charge is -2.08. The molecular weight excluding hydrogens is 271 g/mol. The average Bonchev–Trinajstić information content (AvgIpc) is 2.48. The lowest BCUT2D eigenvalue weighted by molar-refractivity contribution is -0.144. The van der Waals surface area contributed by atoms with Gasteiger partial charge in [0.15, 0.2) is 0 Å². The van der Waals surface area contributed by atoms with Gasteiger partial charge < -0.3 is 10.5 Å². The van der Waals surface area contributed by atoms with Crippen LogP contribution in [0.4, 0.5) is 10.1 Å². The van der Waals surface area contributed by atoms with Crippen molar-refractivity contribution in [2.24, 2.45) is 0 Å². The molecule has 0 saturated heterocycles. The van der Waals surface area contributed by atoms with Crippen molar-refractivity contribution in [3.63, 3.8) is 0 Å². The summed E-state index contributed by atoms with van der Waals surface area (Å²) in [6.45, 7) is -0.215. The number of hydrogen-bond acceptors (Lipinski definition) is 4. The van der Waals surface area contributed by atoms with E-state index in [1.165, 1.54) is 12.1 Å². The summed E-state index contributed by atoms with van der Waals surface area (Å²) in [6, 6.07) is 13.1. The summed E-state index contributed by atoms with van der Waals surface area (Å²) in [6.07, 6.45) is 0.0201. The van der Waals surface area contributed by atoms with E-state index in [4.69, 9.17) is 15.7 Å². The van der Waals surface area contributed by atoms with Crippen LogP contribution < -0.4 is 5.73 Å². The first kappa shape index (κ1) is 14.5. The van der Waals surface area contributed by atoms with E-state index in [0.717, 1.165) is 0 Å². The first-order chi connectivity index (χ1) is 10.1. The van der Waals surface area contributed by atoms with Crippen molar-refractivity contribution in [3.8, 4) is 6.07 Å². The summed E-state index contributed by atoms with van der Waals surface area (Å²) in [5.74, 6) is -1.17. The summed E-state index contributed by atoms with van der Waals surface area (Å²) in [4.78, 5) is 11.7. The van der Waals surface area contributed by atoms with Crippen LogP contribution in [0.15, 0.2) is 42.5 Å². The Labute approximate surface area is 121 Å². The molecule has 2 aromatic carbocycles. The van der Waals surface area contributed by atoms with Gasteiger partial charge in [-0.25, -0.2) is 4.39 Å². The minimum atomic E-state index is -0.660. The van der Waals surface area contributed by atoms with Crippen molar-refractivity contribution >= 4 is 11.7 Å². The Morgan fingerprint density at radius 2 is 1.90 bits per heavy atom. The highest BCUT2D eigenvalue weighted by Crippen LogP contribution is 2.15. The number of nitriles is 1. The molecule has 0 heterocycles. The first-order valence-electron chi connectivity index (χ1n) is 6.28. The Morgan fingerprint density at radius 3 is 2.62 bits per heavy atom. The number of nitrogens with two attached hydrogens (primary N) is 1. The quantitative estimate of drug-likeness (QED) is 0.691.